The van der Waals surface area contributed by atoms with Crippen molar-refractivity contribution in [3.05, 3.63) is 113 Å². The van der Waals surface area contributed by atoms with E-state index in [1.54, 1.807) is 30.3 Å². The van der Waals surface area contributed by atoms with Gasteiger partial charge in [0.05, 0.1) is 31.0 Å². The number of rotatable bonds is 7. The van der Waals surface area contributed by atoms with E-state index in [4.69, 9.17) is 19.7 Å². The van der Waals surface area contributed by atoms with Gasteiger partial charge >= 0.3 is 11.9 Å². The van der Waals surface area contributed by atoms with Gasteiger partial charge in [0.15, 0.2) is 11.6 Å². The van der Waals surface area contributed by atoms with E-state index in [2.05, 4.69) is 52.1 Å². The smallest absolute Gasteiger partial charge is 0.312 e. The first kappa shape index (κ1) is 66.3. The number of phenolic OH excluding ortho intramolecular Hbond substituents is 2. The van der Waals surface area contributed by atoms with Crippen molar-refractivity contribution < 1.29 is 55.3 Å². The number of amides is 1. The van der Waals surface area contributed by atoms with Crippen LogP contribution in [0.1, 0.15) is 94.1 Å². The molecule has 0 spiro atoms. The third-order valence-corrected chi connectivity index (χ3v) is 16.6. The number of nitrogens with zero attached hydrogens (tertiary/aromatic N) is 4. The van der Waals surface area contributed by atoms with Crippen LogP contribution in [0.5, 0.6) is 23.0 Å². The van der Waals surface area contributed by atoms with Gasteiger partial charge in [-0.1, -0.05) is 114 Å². The lowest BCUT2D eigenvalue weighted by molar-refractivity contribution is -0.137. The minimum Gasteiger partial charge on any atom is -0.507 e. The molecular formula is C64H88N6O11S2. The van der Waals surface area contributed by atoms with E-state index >= 15 is 0 Å². The number of carbonyl (C=O) groups excluding carboxylic acids is 5. The quantitative estimate of drug-likeness (QED) is 0.0359. The summed E-state index contributed by atoms with van der Waals surface area (Å²) in [5.41, 5.74) is 1.62. The SMILES string of the molecule is CC1(C)CC(=O)Oc2c1c(SCCO)c(O)c1ccccc21.CC1(C)CC(=O)Oc2c1cc(O)c1ccccc21.CN1CCN(C(=O)CC(C)(C)C2=CC(=O)c3ccccc3C2=O)CC1.CN1CCNCC1.CN1CCNCC1.OCCS.[HH]. The van der Waals surface area contributed by atoms with Crippen molar-refractivity contribution in [2.24, 2.45) is 5.41 Å². The number of allylic oxidation sites excluding steroid dienone is 2. The number of benzene rings is 5. The number of carbonyl (C=O) groups is 5. The van der Waals surface area contributed by atoms with Crippen LogP contribution in [-0.2, 0) is 25.2 Å². The maximum Gasteiger partial charge on any atom is 0.312 e. The Hall–Kier alpha value is -5.87. The standard InChI is InChI=1S/C20H24N2O3.C17H18O4S.C15H14O3.2C5H12N2.C2H6OS.H2/c1-20(2,13-18(24)22-10-8-21(3)9-11-22)16-12-17(23)14-6-4-5-7-15(14)19(16)25;1-17(2)9-12(19)21-15-11-6-4-3-5-10(11)14(20)16(13(15)17)22-8-7-18;1-15(2)8-13(17)18-14-10-6-4-3-5-9(10)12(16)7-11(14)15;2*1-7-4-2-6-3-5-7;3-1-2-4;/h4-7,12H,8-11,13H2,1-3H3;3-6,18,20H,7-9H2,1-2H3;3-7,16H,8H2,1-2H3;2*6H,2-5H2,1H3;3-4H,1-2H2;1H. The molecule has 5 aromatic carbocycles. The molecule has 5 aliphatic heterocycles. The van der Waals surface area contributed by atoms with Gasteiger partial charge in [-0.2, -0.15) is 12.6 Å². The Morgan fingerprint density at radius 2 is 1.13 bits per heavy atom. The Kier molecular flexibility index (Phi) is 24.2. The van der Waals surface area contributed by atoms with Gasteiger partial charge in [0.25, 0.3) is 0 Å². The molecule has 6 aliphatic rings. The number of Topliss-reactive ketones (excluding diaryl/α,β-unsaturated/α-hetero) is 1. The van der Waals surface area contributed by atoms with Crippen molar-refractivity contribution in [3.63, 3.8) is 0 Å². The molecule has 5 aromatic rings. The van der Waals surface area contributed by atoms with Crippen LogP contribution >= 0.6 is 24.4 Å². The predicted molar refractivity (Wildman–Crippen MR) is 335 cm³/mol. The van der Waals surface area contributed by atoms with Gasteiger partial charge in [0.2, 0.25) is 5.91 Å². The number of aliphatic hydroxyl groups is 2. The number of hydrogen-bond acceptors (Lipinski definition) is 18. The summed E-state index contributed by atoms with van der Waals surface area (Å²) in [6, 6.07) is 23.3. The number of aliphatic hydroxyl groups excluding tert-OH is 2. The lowest BCUT2D eigenvalue weighted by Crippen LogP contribution is -2.48. The molecule has 0 radical (unpaired) electrons. The number of nitrogens with one attached hydrogen (secondary N) is 2. The first-order valence-electron chi connectivity index (χ1n) is 28.5. The number of fused-ring (bicyclic) bond motifs is 7. The number of esters is 2. The molecule has 1 aliphatic carbocycles. The lowest BCUT2D eigenvalue weighted by atomic mass is 9.73. The summed E-state index contributed by atoms with van der Waals surface area (Å²) in [7, 11) is 6.35. The van der Waals surface area contributed by atoms with Crippen LogP contribution in [0.3, 0.4) is 0 Å². The van der Waals surface area contributed by atoms with Crippen LogP contribution in [0.15, 0.2) is 95.4 Å². The highest BCUT2D eigenvalue weighted by atomic mass is 32.2. The number of aromatic hydroxyl groups is 2. The van der Waals surface area contributed by atoms with E-state index in [1.807, 2.05) is 102 Å². The Morgan fingerprint density at radius 1 is 0.663 bits per heavy atom. The van der Waals surface area contributed by atoms with Gasteiger partial charge in [-0.25, -0.2) is 0 Å². The third kappa shape index (κ3) is 17.4. The first-order valence-corrected chi connectivity index (χ1v) is 30.1. The fourth-order valence-electron chi connectivity index (χ4n) is 10.5. The average Bonchev–Trinajstić information content (AvgIpc) is 2.14. The van der Waals surface area contributed by atoms with Crippen molar-refractivity contribution in [2.75, 3.05) is 124 Å². The van der Waals surface area contributed by atoms with Gasteiger partial charge in [-0.3, -0.25) is 24.0 Å². The molecule has 83 heavy (non-hydrogen) atoms. The van der Waals surface area contributed by atoms with Crippen molar-refractivity contribution >= 4 is 75.3 Å². The van der Waals surface area contributed by atoms with Gasteiger partial charge in [-0.05, 0) is 33.3 Å². The summed E-state index contributed by atoms with van der Waals surface area (Å²) < 4.78 is 10.9. The topological polar surface area (TPSA) is 222 Å². The number of ether oxygens (including phenoxy) is 2. The van der Waals surface area contributed by atoms with Crippen LogP contribution in [0.25, 0.3) is 21.5 Å². The molecule has 17 nitrogen and oxygen atoms in total. The molecule has 0 saturated carbocycles. The van der Waals surface area contributed by atoms with Crippen LogP contribution in [0.4, 0.5) is 0 Å². The number of hydrogen-bond donors (Lipinski definition) is 7. The van der Waals surface area contributed by atoms with Crippen LogP contribution in [-0.4, -0.2) is 194 Å². The summed E-state index contributed by atoms with van der Waals surface area (Å²) in [5.74, 6) is 1.85. The van der Waals surface area contributed by atoms with E-state index in [-0.39, 0.29) is 73.8 Å². The molecule has 0 unspecified atom stereocenters. The largest absolute Gasteiger partial charge is 0.507 e. The lowest BCUT2D eigenvalue weighted by Gasteiger charge is -2.35. The summed E-state index contributed by atoms with van der Waals surface area (Å²) in [6.45, 7) is 24.5. The zero-order valence-electron chi connectivity index (χ0n) is 49.8. The van der Waals surface area contributed by atoms with E-state index < -0.39 is 10.8 Å². The molecule has 5 heterocycles. The Labute approximate surface area is 500 Å². The molecule has 0 bridgehead atoms. The summed E-state index contributed by atoms with van der Waals surface area (Å²) in [6.07, 6.45) is 2.24. The minimum atomic E-state index is -0.680. The van der Waals surface area contributed by atoms with Gasteiger partial charge in [0, 0.05) is 164 Å². The molecule has 452 valence electrons. The molecule has 3 fully saturated rings. The molecule has 0 atom stereocenters. The Balaban J connectivity index is 0.000000201. The molecule has 1 amide bonds. The van der Waals surface area contributed by atoms with Gasteiger partial charge < -0.3 is 60.1 Å². The average molecular weight is 1180 g/mol. The molecule has 3 saturated heterocycles. The fourth-order valence-corrected chi connectivity index (χ4v) is 11.6. The van der Waals surface area contributed by atoms with Gasteiger partial charge in [0.1, 0.15) is 23.0 Å². The Morgan fingerprint density at radius 3 is 1.65 bits per heavy atom. The van der Waals surface area contributed by atoms with E-state index in [0.29, 0.717) is 74.9 Å². The van der Waals surface area contributed by atoms with Crippen molar-refractivity contribution in [1.29, 1.82) is 0 Å². The van der Waals surface area contributed by atoms with Crippen molar-refractivity contribution in [3.8, 4) is 23.0 Å². The zero-order valence-corrected chi connectivity index (χ0v) is 51.5. The number of likely N-dealkylation sites (N-methyl/N-ethyl adjacent to an activating group) is 3. The summed E-state index contributed by atoms with van der Waals surface area (Å²) in [5, 5.41) is 47.1. The maximum atomic E-state index is 12.9. The highest BCUT2D eigenvalue weighted by Crippen LogP contribution is 2.53. The van der Waals surface area contributed by atoms with E-state index in [1.165, 1.54) is 44.0 Å². The van der Waals surface area contributed by atoms with Crippen molar-refractivity contribution in [1.82, 2.24) is 30.2 Å². The molecular weight excluding hydrogens is 1090 g/mol. The minimum absolute atomic E-state index is 0. The maximum absolute atomic E-state index is 12.9. The summed E-state index contributed by atoms with van der Waals surface area (Å²) >= 11 is 5.06. The molecule has 6 N–H and O–H groups in total. The molecule has 0 aromatic heterocycles. The number of phenols is 2. The highest BCUT2D eigenvalue weighted by molar-refractivity contribution is 7.99. The Bertz CT molecular complexity index is 3100. The highest BCUT2D eigenvalue weighted by Gasteiger charge is 2.40. The molecule has 11 rings (SSSR count). The van der Waals surface area contributed by atoms with Crippen LogP contribution in [0.2, 0.25) is 0 Å². The third-order valence-electron chi connectivity index (χ3n) is 15.3. The number of piperazine rings is 3. The van der Waals surface area contributed by atoms with Crippen LogP contribution < -0.4 is 20.1 Å². The van der Waals surface area contributed by atoms with E-state index in [9.17, 15) is 34.2 Å². The first-order chi connectivity index (χ1) is 39.4. The second-order valence-electron chi connectivity index (χ2n) is 23.5. The number of thioether (sulfide) groups is 1. The normalized spacial score (nSPS) is 18.4. The predicted octanol–water partition coefficient (Wildman–Crippen LogP) is 7.73. The van der Waals surface area contributed by atoms with E-state index in [0.717, 1.165) is 61.2 Å². The van der Waals surface area contributed by atoms with Crippen LogP contribution in [0, 0.1) is 5.41 Å². The second kappa shape index (κ2) is 30.3. The second-order valence-corrected chi connectivity index (χ2v) is 25.0. The van der Waals surface area contributed by atoms with Gasteiger partial charge in [-0.15, -0.1) is 11.8 Å². The van der Waals surface area contributed by atoms with Crippen molar-refractivity contribution in [2.45, 2.75) is 76.5 Å². The number of ketones is 2. The molecule has 19 heteroatoms. The summed E-state index contributed by atoms with van der Waals surface area (Å²) in [4.78, 5) is 71.0. The fraction of sp³-hybridized carbons (Fsp3) is 0.484. The number of thiol groups is 1. The zero-order chi connectivity index (χ0) is 60.6. The monoisotopic (exact) mass is 1180 g/mol.